The lowest BCUT2D eigenvalue weighted by molar-refractivity contribution is 0.0525. The number of rotatable bonds is 7. The molecule has 2 heterocycles. The standard InChI is InChI=1S/C22H21N7O3S/c1-4-32-21(31)19-13-23-28(14(19)2)17-10-8-15(9-11-17)20(30)24-16-6-5-7-18(12-16)29-22(33-3)25-26-27-29/h5-13H,4H2,1-3H3,(H,24,30). The number of tetrazole rings is 1. The average Bonchev–Trinajstić information content (AvgIpc) is 3.46. The molecule has 1 amide bonds. The van der Waals surface area contributed by atoms with Crippen LogP contribution in [-0.4, -0.2) is 54.7 Å². The van der Waals surface area contributed by atoms with Crippen LogP contribution < -0.4 is 5.32 Å². The van der Waals surface area contributed by atoms with E-state index in [2.05, 4.69) is 25.9 Å². The first-order valence-corrected chi connectivity index (χ1v) is 11.3. The maximum absolute atomic E-state index is 12.8. The first-order chi connectivity index (χ1) is 16.0. The van der Waals surface area contributed by atoms with Crippen LogP contribution in [0.4, 0.5) is 5.69 Å². The summed E-state index contributed by atoms with van der Waals surface area (Å²) in [5.41, 5.74) is 3.63. The minimum atomic E-state index is -0.411. The molecular formula is C22H21N7O3S. The largest absolute Gasteiger partial charge is 0.462 e. The third kappa shape index (κ3) is 4.62. The fourth-order valence-electron chi connectivity index (χ4n) is 3.22. The smallest absolute Gasteiger partial charge is 0.341 e. The van der Waals surface area contributed by atoms with Gasteiger partial charge >= 0.3 is 5.97 Å². The second-order valence-electron chi connectivity index (χ2n) is 6.90. The molecule has 0 bridgehead atoms. The predicted octanol–water partition coefficient (Wildman–Crippen LogP) is 3.31. The maximum atomic E-state index is 12.8. The summed E-state index contributed by atoms with van der Waals surface area (Å²) in [5.74, 6) is -0.671. The maximum Gasteiger partial charge on any atom is 0.341 e. The lowest BCUT2D eigenvalue weighted by Gasteiger charge is -2.09. The lowest BCUT2D eigenvalue weighted by Crippen LogP contribution is -2.12. The molecule has 33 heavy (non-hydrogen) atoms. The van der Waals surface area contributed by atoms with Gasteiger partial charge in [0.25, 0.3) is 5.91 Å². The molecule has 2 aromatic carbocycles. The van der Waals surface area contributed by atoms with Gasteiger partial charge < -0.3 is 10.1 Å². The van der Waals surface area contributed by atoms with E-state index in [-0.39, 0.29) is 5.91 Å². The van der Waals surface area contributed by atoms with Gasteiger partial charge in [0.1, 0.15) is 5.56 Å². The number of anilines is 1. The molecule has 11 heteroatoms. The zero-order valence-corrected chi connectivity index (χ0v) is 19.0. The molecule has 4 aromatic rings. The van der Waals surface area contributed by atoms with Crippen LogP contribution in [0, 0.1) is 6.92 Å². The summed E-state index contributed by atoms with van der Waals surface area (Å²) in [6.45, 7) is 3.84. The predicted molar refractivity (Wildman–Crippen MR) is 123 cm³/mol. The Hall–Kier alpha value is -3.99. The number of hydrogen-bond acceptors (Lipinski definition) is 8. The SMILES string of the molecule is CCOC(=O)c1cnn(-c2ccc(C(=O)Nc3cccc(-n4nnnc4SC)c3)cc2)c1C. The van der Waals surface area contributed by atoms with E-state index in [0.29, 0.717) is 34.3 Å². The number of aromatic nitrogens is 6. The number of carbonyl (C=O) groups excluding carboxylic acids is 2. The van der Waals surface area contributed by atoms with Gasteiger partial charge in [-0.15, -0.1) is 5.10 Å². The van der Waals surface area contributed by atoms with Gasteiger partial charge in [0.15, 0.2) is 0 Å². The minimum absolute atomic E-state index is 0.259. The van der Waals surface area contributed by atoms with Crippen molar-refractivity contribution in [1.29, 1.82) is 0 Å². The van der Waals surface area contributed by atoms with Crippen molar-refractivity contribution >= 4 is 29.3 Å². The van der Waals surface area contributed by atoms with E-state index >= 15 is 0 Å². The second-order valence-corrected chi connectivity index (χ2v) is 7.68. The Morgan fingerprint density at radius 2 is 1.88 bits per heavy atom. The van der Waals surface area contributed by atoms with E-state index < -0.39 is 5.97 Å². The van der Waals surface area contributed by atoms with Crippen molar-refractivity contribution in [2.75, 3.05) is 18.2 Å². The van der Waals surface area contributed by atoms with Crippen LogP contribution in [0.25, 0.3) is 11.4 Å². The first kappa shape index (κ1) is 22.2. The Labute approximate surface area is 193 Å². The summed E-state index contributed by atoms with van der Waals surface area (Å²) in [5, 5.41) is 19.4. The Kier molecular flexibility index (Phi) is 6.50. The minimum Gasteiger partial charge on any atom is -0.462 e. The topological polar surface area (TPSA) is 117 Å². The molecule has 0 saturated carbocycles. The molecule has 0 atom stereocenters. The van der Waals surface area contributed by atoms with E-state index in [1.54, 1.807) is 59.6 Å². The highest BCUT2D eigenvalue weighted by Gasteiger charge is 2.16. The molecule has 0 unspecified atom stereocenters. The number of esters is 1. The highest BCUT2D eigenvalue weighted by atomic mass is 32.2. The number of carbonyl (C=O) groups is 2. The Bertz CT molecular complexity index is 1300. The molecule has 4 rings (SSSR count). The monoisotopic (exact) mass is 463 g/mol. The van der Waals surface area contributed by atoms with Crippen LogP contribution in [0.2, 0.25) is 0 Å². The highest BCUT2D eigenvalue weighted by molar-refractivity contribution is 7.98. The molecule has 2 aromatic heterocycles. The van der Waals surface area contributed by atoms with Gasteiger partial charge in [-0.2, -0.15) is 9.78 Å². The third-order valence-electron chi connectivity index (χ3n) is 4.85. The molecule has 0 spiro atoms. The number of amides is 1. The average molecular weight is 464 g/mol. The van der Waals surface area contributed by atoms with Crippen molar-refractivity contribution in [2.45, 2.75) is 19.0 Å². The number of hydrogen-bond donors (Lipinski definition) is 1. The summed E-state index contributed by atoms with van der Waals surface area (Å²) >= 11 is 1.43. The Morgan fingerprint density at radius 1 is 1.09 bits per heavy atom. The van der Waals surface area contributed by atoms with Crippen molar-refractivity contribution in [3.05, 3.63) is 71.5 Å². The molecule has 168 valence electrons. The molecule has 0 aliphatic heterocycles. The van der Waals surface area contributed by atoms with Crippen LogP contribution in [0.15, 0.2) is 59.9 Å². The Balaban J connectivity index is 1.50. The van der Waals surface area contributed by atoms with E-state index in [1.807, 2.05) is 18.4 Å². The normalized spacial score (nSPS) is 10.8. The summed E-state index contributed by atoms with van der Waals surface area (Å²) in [7, 11) is 0. The van der Waals surface area contributed by atoms with Gasteiger partial charge in [0.05, 0.1) is 29.9 Å². The number of ether oxygens (including phenoxy) is 1. The zero-order chi connectivity index (χ0) is 23.4. The van der Waals surface area contributed by atoms with Crippen LogP contribution >= 0.6 is 11.8 Å². The summed E-state index contributed by atoms with van der Waals surface area (Å²) < 4.78 is 8.29. The van der Waals surface area contributed by atoms with Gasteiger partial charge in [-0.05, 0) is 73.0 Å². The van der Waals surface area contributed by atoms with Crippen molar-refractivity contribution in [3.63, 3.8) is 0 Å². The van der Waals surface area contributed by atoms with E-state index in [0.717, 1.165) is 11.4 Å². The van der Waals surface area contributed by atoms with E-state index in [9.17, 15) is 9.59 Å². The van der Waals surface area contributed by atoms with E-state index in [1.165, 1.54) is 18.0 Å². The molecule has 0 aliphatic rings. The first-order valence-electron chi connectivity index (χ1n) is 10.1. The van der Waals surface area contributed by atoms with Crippen LogP contribution in [0.3, 0.4) is 0 Å². The van der Waals surface area contributed by atoms with Gasteiger partial charge in [-0.1, -0.05) is 17.8 Å². The number of benzene rings is 2. The molecule has 1 N–H and O–H groups in total. The molecule has 0 aliphatic carbocycles. The Morgan fingerprint density at radius 3 is 2.61 bits per heavy atom. The summed E-state index contributed by atoms with van der Waals surface area (Å²) in [4.78, 5) is 24.8. The fourth-order valence-corrected chi connectivity index (χ4v) is 3.65. The van der Waals surface area contributed by atoms with Gasteiger partial charge in [0, 0.05) is 11.3 Å². The lowest BCUT2D eigenvalue weighted by atomic mass is 10.1. The molecule has 0 radical (unpaired) electrons. The summed E-state index contributed by atoms with van der Waals surface area (Å²) in [6, 6.07) is 14.2. The van der Waals surface area contributed by atoms with Crippen molar-refractivity contribution in [3.8, 4) is 11.4 Å². The van der Waals surface area contributed by atoms with Crippen LogP contribution in [-0.2, 0) is 4.74 Å². The summed E-state index contributed by atoms with van der Waals surface area (Å²) in [6.07, 6.45) is 3.37. The van der Waals surface area contributed by atoms with Gasteiger partial charge in [-0.25, -0.2) is 9.48 Å². The zero-order valence-electron chi connectivity index (χ0n) is 18.2. The molecular weight excluding hydrogens is 442 g/mol. The quantitative estimate of drug-likeness (QED) is 0.328. The van der Waals surface area contributed by atoms with E-state index in [4.69, 9.17) is 4.74 Å². The van der Waals surface area contributed by atoms with Crippen LogP contribution in [0.1, 0.15) is 33.3 Å². The van der Waals surface area contributed by atoms with Crippen molar-refractivity contribution in [2.24, 2.45) is 0 Å². The van der Waals surface area contributed by atoms with Crippen molar-refractivity contribution in [1.82, 2.24) is 30.0 Å². The fraction of sp³-hybridized carbons (Fsp3) is 0.182. The molecule has 10 nitrogen and oxygen atoms in total. The number of thioether (sulfide) groups is 1. The van der Waals surface area contributed by atoms with Crippen LogP contribution in [0.5, 0.6) is 0 Å². The third-order valence-corrected chi connectivity index (χ3v) is 5.47. The second kappa shape index (κ2) is 9.65. The van der Waals surface area contributed by atoms with Gasteiger partial charge in [-0.3, -0.25) is 4.79 Å². The number of nitrogens with one attached hydrogen (secondary N) is 1. The molecule has 0 fully saturated rings. The van der Waals surface area contributed by atoms with Gasteiger partial charge in [0.2, 0.25) is 5.16 Å². The highest BCUT2D eigenvalue weighted by Crippen LogP contribution is 2.20. The van der Waals surface area contributed by atoms with Crippen molar-refractivity contribution < 1.29 is 14.3 Å². The molecule has 0 saturated heterocycles. The number of nitrogens with zero attached hydrogens (tertiary/aromatic N) is 6.